The maximum atomic E-state index is 14.8. The summed E-state index contributed by atoms with van der Waals surface area (Å²) in [5.74, 6) is 0.0439. The molecular weight excluding hydrogens is 1780 g/mol. The molecule has 744 valence electrons. The summed E-state index contributed by atoms with van der Waals surface area (Å²) in [6, 6.07) is 58.2. The number of hydrogen-bond donors (Lipinski definition) is 6. The molecule has 0 saturated carbocycles. The molecule has 18 nitrogen and oxygen atoms in total. The summed E-state index contributed by atoms with van der Waals surface area (Å²) in [6.45, 7) is 49.0. The van der Waals surface area contributed by atoms with Crippen LogP contribution in [0.5, 0.6) is 0 Å². The molecule has 6 N–H and O–H groups in total. The van der Waals surface area contributed by atoms with Crippen molar-refractivity contribution in [3.05, 3.63) is 384 Å². The van der Waals surface area contributed by atoms with E-state index in [-0.39, 0.29) is 49.9 Å². The fourth-order valence-electron chi connectivity index (χ4n) is 28.6. The van der Waals surface area contributed by atoms with Gasteiger partial charge in [0.1, 0.15) is 5.82 Å². The molecule has 12 aromatic rings. The Hall–Kier alpha value is -13.0. The molecule has 0 aliphatic heterocycles. The summed E-state index contributed by atoms with van der Waals surface area (Å²) in [5, 5.41) is 46.0. The fraction of sp³-hybridized carbons (Fsp3) is 0.424. The van der Waals surface area contributed by atoms with E-state index in [1.807, 2.05) is 81.4 Å². The van der Waals surface area contributed by atoms with Gasteiger partial charge in [-0.05, 0) is 181 Å². The first-order valence-corrected chi connectivity index (χ1v) is 51.7. The summed E-state index contributed by atoms with van der Waals surface area (Å²) >= 11 is 0. The zero-order chi connectivity index (χ0) is 104. The summed E-state index contributed by atoms with van der Waals surface area (Å²) in [5.41, 5.74) is 35.5. The molecule has 144 heavy (non-hydrogen) atoms. The van der Waals surface area contributed by atoms with Crippen LogP contribution in [0.2, 0.25) is 0 Å². The molecule has 6 atom stereocenters. The number of aryl methyl sites for hydroxylation is 6. The van der Waals surface area contributed by atoms with Gasteiger partial charge in [-0.3, -0.25) is 59.4 Å². The van der Waals surface area contributed by atoms with Crippen LogP contribution in [0.4, 0.5) is 4.39 Å². The summed E-state index contributed by atoms with van der Waals surface area (Å²) < 4.78 is 24.3. The second-order valence-corrected chi connectivity index (χ2v) is 48.9. The van der Waals surface area contributed by atoms with E-state index in [2.05, 4.69) is 297 Å². The third kappa shape index (κ3) is 17.2. The highest BCUT2D eigenvalue weighted by Crippen LogP contribution is 2.61. The Morgan fingerprint density at radius 2 is 0.472 bits per heavy atom. The van der Waals surface area contributed by atoms with Crippen molar-refractivity contribution < 1.29 is 34.5 Å². The first-order chi connectivity index (χ1) is 68.4. The van der Waals surface area contributed by atoms with E-state index in [1.165, 1.54) is 72.9 Å². The van der Waals surface area contributed by atoms with E-state index in [4.69, 9.17) is 0 Å². The van der Waals surface area contributed by atoms with E-state index in [1.54, 1.807) is 12.1 Å². The van der Waals surface area contributed by atoms with Gasteiger partial charge in [0, 0.05) is 213 Å². The van der Waals surface area contributed by atoms with Crippen LogP contribution in [0.25, 0.3) is 0 Å². The average Bonchev–Trinajstić information content (AvgIpc) is 1.70. The molecule has 0 saturated heterocycles. The molecule has 0 radical (unpaired) electrons. The number of allylic oxidation sites excluding steroid dienone is 12. The Kier molecular flexibility index (Phi) is 24.8. The van der Waals surface area contributed by atoms with Gasteiger partial charge in [-0.25, -0.2) is 4.39 Å². The van der Waals surface area contributed by atoms with Gasteiger partial charge in [0.2, 0.25) is 0 Å². The number of H-pyrrole nitrogens is 6. The Labute approximate surface area is 849 Å². The zero-order valence-corrected chi connectivity index (χ0v) is 88.5. The van der Waals surface area contributed by atoms with Crippen LogP contribution >= 0.6 is 0 Å². The second kappa shape index (κ2) is 36.3. The van der Waals surface area contributed by atoms with Crippen LogP contribution in [-0.4, -0.2) is 95.9 Å². The Morgan fingerprint density at radius 3 is 0.750 bits per heavy atom. The van der Waals surface area contributed by atoms with E-state index >= 15 is 0 Å². The molecule has 6 aromatic carbocycles. The lowest BCUT2D eigenvalue weighted by atomic mass is 9.58. The van der Waals surface area contributed by atoms with E-state index in [0.717, 1.165) is 188 Å². The number of Topliss-reactive ketones (excluding diaryl/α,β-unsaturated/α-hetero) is 6. The summed E-state index contributed by atoms with van der Waals surface area (Å²) in [4.78, 5) is 79.0. The lowest BCUT2D eigenvalue weighted by molar-refractivity contribution is -0.119. The Morgan fingerprint density at radius 1 is 0.257 bits per heavy atom. The maximum Gasteiger partial charge on any atom is 0.160 e. The van der Waals surface area contributed by atoms with Gasteiger partial charge < -0.3 is 0 Å². The van der Waals surface area contributed by atoms with Crippen molar-refractivity contribution >= 4 is 34.7 Å². The van der Waals surface area contributed by atoms with Crippen LogP contribution in [0.1, 0.15) is 337 Å². The van der Waals surface area contributed by atoms with Crippen LogP contribution in [-0.2, 0) is 94.4 Å². The lowest BCUT2D eigenvalue weighted by Gasteiger charge is -2.43. The number of carbonyl (C=O) groups excluding carboxylic acids is 6. The summed E-state index contributed by atoms with van der Waals surface area (Å²) in [7, 11) is 0. The molecule has 4 unspecified atom stereocenters. The number of rotatable bonds is 6. The molecule has 12 aliphatic carbocycles. The molecule has 19 heteroatoms. The molecule has 6 heterocycles. The minimum absolute atomic E-state index is 0.0381. The Bertz CT molecular complexity index is 6650. The van der Waals surface area contributed by atoms with Gasteiger partial charge in [0.25, 0.3) is 0 Å². The van der Waals surface area contributed by atoms with Crippen molar-refractivity contribution in [2.45, 2.75) is 308 Å². The van der Waals surface area contributed by atoms with Crippen molar-refractivity contribution in [2.75, 3.05) is 0 Å². The number of nitrogens with zero attached hydrogens (tertiary/aromatic N) is 6. The molecule has 0 fully saturated rings. The smallest absolute Gasteiger partial charge is 0.160 e. The van der Waals surface area contributed by atoms with Crippen molar-refractivity contribution in [1.82, 2.24) is 61.2 Å². The monoisotopic (exact) mass is 1930 g/mol. The number of nitrogens with one attached hydrogen (secondary N) is 6. The first-order valence-electron chi connectivity index (χ1n) is 52.2. The van der Waals surface area contributed by atoms with E-state index in [9.17, 15) is 34.5 Å². The number of halogens is 1. The predicted molar refractivity (Wildman–Crippen MR) is 565 cm³/mol. The molecule has 24 rings (SSSR count). The van der Waals surface area contributed by atoms with E-state index < -0.39 is 33.0 Å². The molecule has 6 aromatic heterocycles. The van der Waals surface area contributed by atoms with Crippen LogP contribution in [0.15, 0.2) is 243 Å². The molecule has 0 spiro atoms. The second-order valence-electron chi connectivity index (χ2n) is 48.9. The van der Waals surface area contributed by atoms with Crippen molar-refractivity contribution in [2.24, 2.45) is 32.5 Å². The topological polar surface area (TPSA) is 274 Å². The molecule has 12 aliphatic rings. The van der Waals surface area contributed by atoms with Crippen LogP contribution in [0.3, 0.4) is 0 Å². The minimum atomic E-state index is -1.16. The van der Waals surface area contributed by atoms with Crippen molar-refractivity contribution in [3.8, 4) is 0 Å². The van der Waals surface area contributed by atoms with Crippen molar-refractivity contribution in [3.63, 3.8) is 0 Å². The van der Waals surface area contributed by atoms with Gasteiger partial charge >= 0.3 is 0 Å². The lowest BCUT2D eigenvalue weighted by Crippen LogP contribution is -2.41. The van der Waals surface area contributed by atoms with Crippen molar-refractivity contribution in [1.29, 1.82) is 0 Å². The highest BCUT2D eigenvalue weighted by molar-refractivity contribution is 6.06. The van der Waals surface area contributed by atoms with Gasteiger partial charge in [-0.1, -0.05) is 286 Å². The number of benzene rings is 6. The SMILES string of the molecule is Cc1[nH]nc2c1C(C)(c1ccccc1)C1=C(C2)CC(C)(C)CC1=O.Cc1[nH]nc2c1C(C)(c1ccccc1)C1=C(C2)CC(C)(C)CC1=O.Cc1[nH]nc2c1C(C)(c1ccccc1F)C1=C(C2)CC(C)(C)CC1=O.Cc1[nH]nc2c1[C@@](C)(c1ccccc1)C1=C(C2)CC(C)(C)CC1=O.Cc1[nH]nc2c1[C@](C)(c1ccccc1)C1=C(C2)CC(C)(C)CC1=O.[2H]C1(c2ccccc2)C2=C(Cc3n[nH]c(C)c31)CC(C)(C)CC2=O. The average molecular weight is 1930 g/mol. The van der Waals surface area contributed by atoms with Crippen LogP contribution in [0, 0.1) is 79.8 Å². The highest BCUT2D eigenvalue weighted by atomic mass is 19.1. The van der Waals surface area contributed by atoms with Gasteiger partial charge in [-0.2, -0.15) is 30.6 Å². The predicted octanol–water partition coefficient (Wildman–Crippen LogP) is 25.6. The number of aromatic amines is 6. The van der Waals surface area contributed by atoms with Crippen LogP contribution < -0.4 is 0 Å². The standard InChI is InChI=1S/C21H23FN2O.4C21H24N2O.C20H22N2O/c1-12-18-16(24-23-12)9-13-10-20(2,3)11-17(25)19(13)21(18,4)14-7-5-6-8-15(14)22;4*1-13-18-16(23-22-13)10-14-11-20(2,3)12-17(24)19(14)21(18,4)15-8-6-5-7-9-15;1-12-17-15(22-21-12)9-14-10-20(2,3)11-16(23)18(14)19(17)13-7-5-4-6-8-13/h5-8H,9-11H2,1-4H3,(H,23,24);4*5-9H,10-12H2,1-4H3,(H,22,23);4-8,19H,9-11H2,1-3H3,(H,21,22)/t;2*21-;;;/m.10.../s1/i;;;;;19D. The quantitative estimate of drug-likeness (QED) is 0.0907. The normalized spacial score (nSPS) is 25.5. The highest BCUT2D eigenvalue weighted by Gasteiger charge is 2.56. The van der Waals surface area contributed by atoms with Gasteiger partial charge in [0.15, 0.2) is 34.7 Å². The van der Waals surface area contributed by atoms with Gasteiger partial charge in [-0.15, -0.1) is 0 Å². The Balaban J connectivity index is 0.000000110. The number of carbonyl (C=O) groups is 6. The largest absolute Gasteiger partial charge is 0.294 e. The first kappa shape index (κ1) is 98.4. The molecule has 0 amide bonds. The zero-order valence-electron chi connectivity index (χ0n) is 89.5. The summed E-state index contributed by atoms with van der Waals surface area (Å²) in [6.07, 6.45) is 13.7. The number of ketones is 6. The van der Waals surface area contributed by atoms with Gasteiger partial charge in [0.05, 0.1) is 39.6 Å². The molecule has 0 bridgehead atoms. The molecular formula is C125H141FN12O6. The third-order valence-electron chi connectivity index (χ3n) is 33.6. The minimum Gasteiger partial charge on any atom is -0.294 e. The number of fused-ring (bicyclic) bond motifs is 6. The number of hydrogen-bond acceptors (Lipinski definition) is 12. The fourth-order valence-corrected chi connectivity index (χ4v) is 28.6. The maximum absolute atomic E-state index is 14.8. The van der Waals surface area contributed by atoms with E-state index in [0.29, 0.717) is 85.6 Å². The third-order valence-corrected chi connectivity index (χ3v) is 33.6. The number of aromatic nitrogens is 12.